The van der Waals surface area contributed by atoms with Crippen molar-refractivity contribution in [1.29, 1.82) is 0 Å². The molecule has 2 aliphatic rings. The second kappa shape index (κ2) is 6.49. The van der Waals surface area contributed by atoms with E-state index >= 15 is 0 Å². The highest BCUT2D eigenvalue weighted by Gasteiger charge is 2.34. The molecule has 1 amide bonds. The zero-order valence-electron chi connectivity index (χ0n) is 13.6. The van der Waals surface area contributed by atoms with Crippen LogP contribution < -0.4 is 4.90 Å². The van der Waals surface area contributed by atoms with Crippen LogP contribution in [0.1, 0.15) is 26.8 Å². The van der Waals surface area contributed by atoms with E-state index in [1.54, 1.807) is 0 Å². The molecule has 0 radical (unpaired) electrons. The molecule has 2 aliphatic heterocycles. The minimum absolute atomic E-state index is 0.106. The number of carbonyl (C=O) groups is 1. The number of hydrogen-bond donors (Lipinski definition) is 0. The van der Waals surface area contributed by atoms with Crippen LogP contribution in [-0.2, 0) is 4.74 Å². The number of pyridine rings is 1. The van der Waals surface area contributed by atoms with E-state index in [1.165, 1.54) is 16.9 Å². The van der Waals surface area contributed by atoms with Crippen molar-refractivity contribution >= 4 is 22.4 Å². The van der Waals surface area contributed by atoms with E-state index in [9.17, 15) is 4.79 Å². The molecule has 0 saturated carbocycles. The Kier molecular flexibility index (Phi) is 4.20. The van der Waals surface area contributed by atoms with Gasteiger partial charge in [-0.2, -0.15) is 0 Å². The standard InChI is InChI=1S/C17H20N4O2S/c1-12-15(24-17(19-12)20-6-8-23-9-7-20)16(22)21-10-14(11-21)13-2-4-18-5-3-13/h2-5,14H,6-11H2,1H3. The fourth-order valence-corrected chi connectivity index (χ4v) is 4.19. The average molecular weight is 344 g/mol. The Balaban J connectivity index is 1.43. The van der Waals surface area contributed by atoms with Crippen molar-refractivity contribution in [2.24, 2.45) is 0 Å². The van der Waals surface area contributed by atoms with Crippen molar-refractivity contribution < 1.29 is 9.53 Å². The molecule has 0 bridgehead atoms. The van der Waals surface area contributed by atoms with Crippen molar-refractivity contribution in [1.82, 2.24) is 14.9 Å². The van der Waals surface area contributed by atoms with E-state index in [-0.39, 0.29) is 5.91 Å². The number of ether oxygens (including phenoxy) is 1. The normalized spacial score (nSPS) is 18.5. The highest BCUT2D eigenvalue weighted by Crippen LogP contribution is 2.32. The number of carbonyl (C=O) groups excluding carboxylic acids is 1. The molecular weight excluding hydrogens is 324 g/mol. The molecule has 0 N–H and O–H groups in total. The number of likely N-dealkylation sites (tertiary alicyclic amines) is 1. The van der Waals surface area contributed by atoms with Gasteiger partial charge in [-0.15, -0.1) is 0 Å². The van der Waals surface area contributed by atoms with E-state index < -0.39 is 0 Å². The smallest absolute Gasteiger partial charge is 0.265 e. The number of amides is 1. The van der Waals surface area contributed by atoms with E-state index in [0.717, 1.165) is 55.1 Å². The SMILES string of the molecule is Cc1nc(N2CCOCC2)sc1C(=O)N1CC(c2ccncc2)C1. The van der Waals surface area contributed by atoms with Crippen LogP contribution in [0, 0.1) is 6.92 Å². The number of anilines is 1. The van der Waals surface area contributed by atoms with Gasteiger partial charge in [-0.25, -0.2) is 4.98 Å². The summed E-state index contributed by atoms with van der Waals surface area (Å²) in [5.41, 5.74) is 2.09. The van der Waals surface area contributed by atoms with Crippen LogP contribution in [0.4, 0.5) is 5.13 Å². The van der Waals surface area contributed by atoms with Crippen LogP contribution in [0.2, 0.25) is 0 Å². The Hall–Kier alpha value is -1.99. The summed E-state index contributed by atoms with van der Waals surface area (Å²) < 4.78 is 5.38. The molecule has 0 spiro atoms. The fourth-order valence-electron chi connectivity index (χ4n) is 3.10. The largest absolute Gasteiger partial charge is 0.378 e. The molecule has 0 atom stereocenters. The van der Waals surface area contributed by atoms with Gasteiger partial charge in [0.1, 0.15) is 4.88 Å². The van der Waals surface area contributed by atoms with Crippen LogP contribution >= 0.6 is 11.3 Å². The van der Waals surface area contributed by atoms with E-state index in [1.807, 2.05) is 36.4 Å². The predicted molar refractivity (Wildman–Crippen MR) is 92.8 cm³/mol. The Morgan fingerprint density at radius 1 is 1.25 bits per heavy atom. The maximum Gasteiger partial charge on any atom is 0.265 e. The summed E-state index contributed by atoms with van der Waals surface area (Å²) in [6, 6.07) is 4.06. The van der Waals surface area contributed by atoms with Crippen molar-refractivity contribution in [2.75, 3.05) is 44.3 Å². The summed E-state index contributed by atoms with van der Waals surface area (Å²) in [5, 5.41) is 0.936. The molecule has 2 fully saturated rings. The van der Waals surface area contributed by atoms with E-state index in [0.29, 0.717) is 5.92 Å². The minimum atomic E-state index is 0.106. The zero-order chi connectivity index (χ0) is 16.5. The van der Waals surface area contributed by atoms with E-state index in [2.05, 4.69) is 14.9 Å². The fraction of sp³-hybridized carbons (Fsp3) is 0.471. The van der Waals surface area contributed by atoms with Crippen molar-refractivity contribution in [3.8, 4) is 0 Å². The van der Waals surface area contributed by atoms with Gasteiger partial charge in [0.25, 0.3) is 5.91 Å². The lowest BCUT2D eigenvalue weighted by Crippen LogP contribution is -2.48. The first kappa shape index (κ1) is 15.5. The maximum absolute atomic E-state index is 12.8. The third-order valence-electron chi connectivity index (χ3n) is 4.61. The Morgan fingerprint density at radius 2 is 1.96 bits per heavy atom. The number of aromatic nitrogens is 2. The number of aryl methyl sites for hydroxylation is 1. The molecule has 0 aliphatic carbocycles. The molecule has 2 aromatic rings. The molecule has 0 unspecified atom stereocenters. The number of thiazole rings is 1. The summed E-state index contributed by atoms with van der Waals surface area (Å²) in [5.74, 6) is 0.527. The lowest BCUT2D eigenvalue weighted by molar-refractivity contribution is 0.0606. The summed E-state index contributed by atoms with van der Waals surface area (Å²) in [6.45, 7) is 6.60. The summed E-state index contributed by atoms with van der Waals surface area (Å²) >= 11 is 1.51. The molecule has 7 heteroatoms. The first-order valence-corrected chi connectivity index (χ1v) is 9.03. The second-order valence-corrected chi connectivity index (χ2v) is 7.18. The molecule has 4 heterocycles. The van der Waals surface area contributed by atoms with Gasteiger partial charge < -0.3 is 14.5 Å². The molecule has 6 nitrogen and oxygen atoms in total. The molecule has 4 rings (SSSR count). The van der Waals surface area contributed by atoms with Gasteiger partial charge in [-0.05, 0) is 24.6 Å². The summed E-state index contributed by atoms with van der Waals surface area (Å²) in [7, 11) is 0. The minimum Gasteiger partial charge on any atom is -0.378 e. The lowest BCUT2D eigenvalue weighted by Gasteiger charge is -2.39. The third-order valence-corrected chi connectivity index (χ3v) is 5.81. The average Bonchev–Trinajstić information content (AvgIpc) is 2.97. The first-order valence-electron chi connectivity index (χ1n) is 8.21. The van der Waals surface area contributed by atoms with E-state index in [4.69, 9.17) is 4.74 Å². The maximum atomic E-state index is 12.8. The molecule has 24 heavy (non-hydrogen) atoms. The highest BCUT2D eigenvalue weighted by molar-refractivity contribution is 7.17. The predicted octanol–water partition coefficient (Wildman–Crippen LogP) is 1.92. The van der Waals surface area contributed by atoms with Crippen LogP contribution in [0.25, 0.3) is 0 Å². The van der Waals surface area contributed by atoms with Crippen LogP contribution in [0.3, 0.4) is 0 Å². The van der Waals surface area contributed by atoms with Gasteiger partial charge in [0.15, 0.2) is 5.13 Å². The molecule has 0 aromatic carbocycles. The van der Waals surface area contributed by atoms with Gasteiger partial charge in [0.05, 0.1) is 18.9 Å². The van der Waals surface area contributed by atoms with Gasteiger partial charge in [-0.3, -0.25) is 9.78 Å². The number of morpholine rings is 1. The van der Waals surface area contributed by atoms with Crippen molar-refractivity contribution in [3.63, 3.8) is 0 Å². The van der Waals surface area contributed by atoms with Gasteiger partial charge >= 0.3 is 0 Å². The molecule has 2 aromatic heterocycles. The Labute approximate surface area is 145 Å². The lowest BCUT2D eigenvalue weighted by atomic mass is 9.92. The van der Waals surface area contributed by atoms with Gasteiger partial charge in [0, 0.05) is 44.5 Å². The van der Waals surface area contributed by atoms with Crippen molar-refractivity contribution in [3.05, 3.63) is 40.7 Å². The second-order valence-electron chi connectivity index (χ2n) is 6.20. The topological polar surface area (TPSA) is 58.6 Å². The highest BCUT2D eigenvalue weighted by atomic mass is 32.1. The van der Waals surface area contributed by atoms with Crippen LogP contribution in [-0.4, -0.2) is 60.2 Å². The van der Waals surface area contributed by atoms with Gasteiger partial charge in [0.2, 0.25) is 0 Å². The first-order chi connectivity index (χ1) is 11.7. The van der Waals surface area contributed by atoms with Crippen LogP contribution in [0.15, 0.2) is 24.5 Å². The molecular formula is C17H20N4O2S. The number of hydrogen-bond acceptors (Lipinski definition) is 6. The Bertz CT molecular complexity index is 721. The van der Waals surface area contributed by atoms with Crippen molar-refractivity contribution in [2.45, 2.75) is 12.8 Å². The van der Waals surface area contributed by atoms with Crippen LogP contribution in [0.5, 0.6) is 0 Å². The number of nitrogens with zero attached hydrogens (tertiary/aromatic N) is 4. The number of rotatable bonds is 3. The summed E-state index contributed by atoms with van der Waals surface area (Å²) in [6.07, 6.45) is 3.61. The zero-order valence-corrected chi connectivity index (χ0v) is 14.5. The monoisotopic (exact) mass is 344 g/mol. The molecule has 126 valence electrons. The quantitative estimate of drug-likeness (QED) is 0.851. The third kappa shape index (κ3) is 2.89. The Morgan fingerprint density at radius 3 is 2.67 bits per heavy atom. The van der Waals surface area contributed by atoms with Gasteiger partial charge in [-0.1, -0.05) is 11.3 Å². The summed E-state index contributed by atoms with van der Waals surface area (Å²) in [4.78, 5) is 26.3. The molecule has 2 saturated heterocycles.